The number of methoxy groups -OCH3 is 3. The Kier molecular flexibility index (Phi) is 9.08. The fourth-order valence-electron chi connectivity index (χ4n) is 3.96. The first-order valence-electron chi connectivity index (χ1n) is 11.3. The van der Waals surface area contributed by atoms with Crippen molar-refractivity contribution in [2.24, 2.45) is 0 Å². The van der Waals surface area contributed by atoms with E-state index < -0.39 is 18.1 Å². The van der Waals surface area contributed by atoms with Gasteiger partial charge in [-0.1, -0.05) is 48.6 Å². The lowest BCUT2D eigenvalue weighted by Crippen LogP contribution is -2.41. The SMILES string of the molecule is COc1ccccc1C(c1ccccc1OC)[C@H](C)OC(=O)[C@H](C)NC(=S)c1nccc(OC)c1O. The second-order valence-electron chi connectivity index (χ2n) is 8.01. The summed E-state index contributed by atoms with van der Waals surface area (Å²) < 4.78 is 22.2. The van der Waals surface area contributed by atoms with Crippen LogP contribution in [0.15, 0.2) is 60.8 Å². The molecule has 3 aromatic rings. The van der Waals surface area contributed by atoms with Crippen LogP contribution in [0.2, 0.25) is 0 Å². The number of aromatic hydroxyl groups is 1. The van der Waals surface area contributed by atoms with Crippen molar-refractivity contribution in [3.8, 4) is 23.0 Å². The molecule has 0 aliphatic rings. The van der Waals surface area contributed by atoms with Crippen molar-refractivity contribution >= 4 is 23.2 Å². The molecule has 0 saturated heterocycles. The molecule has 1 heterocycles. The Morgan fingerprint density at radius 1 is 0.889 bits per heavy atom. The Balaban J connectivity index is 1.84. The van der Waals surface area contributed by atoms with Gasteiger partial charge in [-0.05, 0) is 26.0 Å². The lowest BCUT2D eigenvalue weighted by molar-refractivity contribution is -0.150. The summed E-state index contributed by atoms with van der Waals surface area (Å²) in [7, 11) is 4.63. The van der Waals surface area contributed by atoms with E-state index in [2.05, 4.69) is 10.3 Å². The highest BCUT2D eigenvalue weighted by molar-refractivity contribution is 7.80. The molecule has 3 rings (SSSR count). The summed E-state index contributed by atoms with van der Waals surface area (Å²) in [6.07, 6.45) is 0.865. The summed E-state index contributed by atoms with van der Waals surface area (Å²) in [6.45, 7) is 3.45. The number of para-hydroxylation sites is 2. The zero-order valence-corrected chi connectivity index (χ0v) is 21.7. The van der Waals surface area contributed by atoms with Gasteiger partial charge in [0.05, 0.1) is 27.2 Å². The average molecular weight is 511 g/mol. The molecule has 8 nitrogen and oxygen atoms in total. The van der Waals surface area contributed by atoms with Crippen molar-refractivity contribution in [1.82, 2.24) is 10.3 Å². The van der Waals surface area contributed by atoms with Gasteiger partial charge in [-0.2, -0.15) is 0 Å². The predicted molar refractivity (Wildman–Crippen MR) is 140 cm³/mol. The molecule has 0 bridgehead atoms. The topological polar surface area (TPSA) is 99.1 Å². The Labute approximate surface area is 216 Å². The van der Waals surface area contributed by atoms with Crippen molar-refractivity contribution in [1.29, 1.82) is 0 Å². The number of carbonyl (C=O) groups excluding carboxylic acids is 1. The summed E-state index contributed by atoms with van der Waals surface area (Å²) in [5.74, 6) is 0.460. The minimum absolute atomic E-state index is 0.0921. The molecular weight excluding hydrogens is 480 g/mol. The van der Waals surface area contributed by atoms with Gasteiger partial charge >= 0.3 is 5.97 Å². The molecule has 9 heteroatoms. The highest BCUT2D eigenvalue weighted by Gasteiger charge is 2.31. The number of nitrogens with zero attached hydrogens (tertiary/aromatic N) is 1. The molecular formula is C27H30N2O6S. The molecule has 0 saturated carbocycles. The van der Waals surface area contributed by atoms with E-state index in [1.807, 2.05) is 55.5 Å². The van der Waals surface area contributed by atoms with Crippen LogP contribution in [-0.2, 0) is 9.53 Å². The Morgan fingerprint density at radius 2 is 1.42 bits per heavy atom. The first-order chi connectivity index (χ1) is 17.3. The minimum Gasteiger partial charge on any atom is -0.503 e. The Hall–Kier alpha value is -3.85. The molecule has 0 spiro atoms. The van der Waals surface area contributed by atoms with Crippen LogP contribution in [0.4, 0.5) is 0 Å². The number of aromatic nitrogens is 1. The highest BCUT2D eigenvalue weighted by atomic mass is 32.1. The number of esters is 1. The number of benzene rings is 2. The van der Waals surface area contributed by atoms with Crippen LogP contribution in [0.1, 0.15) is 36.6 Å². The third-order valence-electron chi connectivity index (χ3n) is 5.74. The first-order valence-corrected chi connectivity index (χ1v) is 11.7. The lowest BCUT2D eigenvalue weighted by atomic mass is 9.86. The molecule has 0 radical (unpaired) electrons. The van der Waals surface area contributed by atoms with Crippen LogP contribution < -0.4 is 19.5 Å². The van der Waals surface area contributed by atoms with Gasteiger partial charge in [0.15, 0.2) is 11.5 Å². The van der Waals surface area contributed by atoms with E-state index in [9.17, 15) is 9.90 Å². The summed E-state index contributed by atoms with van der Waals surface area (Å²) in [5, 5.41) is 13.2. The maximum Gasteiger partial charge on any atom is 0.328 e. The van der Waals surface area contributed by atoms with Crippen LogP contribution in [0, 0.1) is 0 Å². The summed E-state index contributed by atoms with van der Waals surface area (Å²) in [4.78, 5) is 17.3. The van der Waals surface area contributed by atoms with Gasteiger partial charge in [0, 0.05) is 23.4 Å². The van der Waals surface area contributed by atoms with Crippen molar-refractivity contribution < 1.29 is 28.8 Å². The molecule has 2 N–H and O–H groups in total. The quantitative estimate of drug-likeness (QED) is 0.307. The van der Waals surface area contributed by atoms with Gasteiger partial charge in [-0.25, -0.2) is 9.78 Å². The Morgan fingerprint density at radius 3 is 1.94 bits per heavy atom. The van der Waals surface area contributed by atoms with Crippen molar-refractivity contribution in [2.45, 2.75) is 31.9 Å². The molecule has 190 valence electrons. The third-order valence-corrected chi connectivity index (χ3v) is 6.05. The van der Waals surface area contributed by atoms with Gasteiger partial charge in [-0.3, -0.25) is 0 Å². The summed E-state index contributed by atoms with van der Waals surface area (Å²) in [6, 6.07) is 15.9. The molecule has 0 fully saturated rings. The van der Waals surface area contributed by atoms with Crippen LogP contribution >= 0.6 is 12.2 Å². The standard InChI is InChI=1S/C27H30N2O6S/c1-16(29-26(36)24-25(30)22(34-5)14-15-28-24)27(31)35-17(2)23(18-10-6-8-12-20(18)32-3)19-11-7-9-13-21(19)33-4/h6-17,23,30H,1-5H3,(H,29,36)/t16-,17-/m0/s1. The van der Waals surface area contributed by atoms with Crippen LogP contribution in [0.3, 0.4) is 0 Å². The summed E-state index contributed by atoms with van der Waals surface area (Å²) >= 11 is 5.36. The zero-order chi connectivity index (χ0) is 26.2. The molecule has 0 aliphatic heterocycles. The number of rotatable bonds is 10. The predicted octanol–water partition coefficient (Wildman–Crippen LogP) is 4.23. The number of ether oxygens (including phenoxy) is 4. The number of nitrogens with one attached hydrogen (secondary N) is 1. The van der Waals surface area contributed by atoms with E-state index in [0.717, 1.165) is 11.1 Å². The van der Waals surface area contributed by atoms with Gasteiger partial charge in [-0.15, -0.1) is 0 Å². The van der Waals surface area contributed by atoms with E-state index in [4.69, 9.17) is 31.2 Å². The van der Waals surface area contributed by atoms with E-state index in [-0.39, 0.29) is 28.1 Å². The first kappa shape index (κ1) is 26.7. The molecule has 0 unspecified atom stereocenters. The fraction of sp³-hybridized carbons (Fsp3) is 0.296. The van der Waals surface area contributed by atoms with Gasteiger partial charge in [0.1, 0.15) is 34.3 Å². The molecule has 2 atom stereocenters. The number of thiocarbonyl (C=S) groups is 1. The molecule has 0 aliphatic carbocycles. The molecule has 0 amide bonds. The summed E-state index contributed by atoms with van der Waals surface area (Å²) in [5.41, 5.74) is 1.82. The smallest absolute Gasteiger partial charge is 0.328 e. The normalized spacial score (nSPS) is 12.4. The molecule has 36 heavy (non-hydrogen) atoms. The lowest BCUT2D eigenvalue weighted by Gasteiger charge is -2.28. The van der Waals surface area contributed by atoms with Gasteiger partial charge in [0.25, 0.3) is 0 Å². The molecule has 2 aromatic carbocycles. The van der Waals surface area contributed by atoms with E-state index >= 15 is 0 Å². The van der Waals surface area contributed by atoms with Crippen LogP contribution in [-0.4, -0.2) is 54.5 Å². The molecule has 1 aromatic heterocycles. The number of carbonyl (C=O) groups is 1. The van der Waals surface area contributed by atoms with E-state index in [1.54, 1.807) is 21.1 Å². The van der Waals surface area contributed by atoms with Crippen molar-refractivity contribution in [2.75, 3.05) is 21.3 Å². The highest BCUT2D eigenvalue weighted by Crippen LogP contribution is 2.39. The van der Waals surface area contributed by atoms with Crippen molar-refractivity contribution in [3.63, 3.8) is 0 Å². The second kappa shape index (κ2) is 12.2. The Bertz CT molecular complexity index is 1170. The van der Waals surface area contributed by atoms with Gasteiger partial charge < -0.3 is 29.4 Å². The number of hydrogen-bond acceptors (Lipinski definition) is 8. The largest absolute Gasteiger partial charge is 0.503 e. The minimum atomic E-state index is -0.816. The van der Waals surface area contributed by atoms with Crippen LogP contribution in [0.25, 0.3) is 0 Å². The monoisotopic (exact) mass is 510 g/mol. The maximum atomic E-state index is 13.1. The second-order valence-corrected chi connectivity index (χ2v) is 8.42. The third kappa shape index (κ3) is 5.85. The number of hydrogen-bond donors (Lipinski definition) is 2. The fourth-order valence-corrected chi connectivity index (χ4v) is 4.29. The van der Waals surface area contributed by atoms with E-state index in [1.165, 1.54) is 19.4 Å². The van der Waals surface area contributed by atoms with Crippen LogP contribution in [0.5, 0.6) is 23.0 Å². The average Bonchev–Trinajstić information content (AvgIpc) is 2.89. The number of pyridine rings is 1. The van der Waals surface area contributed by atoms with E-state index in [0.29, 0.717) is 11.5 Å². The van der Waals surface area contributed by atoms with Crippen molar-refractivity contribution in [3.05, 3.63) is 77.6 Å². The van der Waals surface area contributed by atoms with Gasteiger partial charge in [0.2, 0.25) is 0 Å². The zero-order valence-electron chi connectivity index (χ0n) is 20.8. The maximum absolute atomic E-state index is 13.1.